The van der Waals surface area contributed by atoms with Crippen LogP contribution in [0.25, 0.3) is 0 Å². The molecule has 128 valence electrons. The highest BCUT2D eigenvalue weighted by Crippen LogP contribution is 2.33. The quantitative estimate of drug-likeness (QED) is 0.857. The van der Waals surface area contributed by atoms with Gasteiger partial charge in [-0.05, 0) is 36.6 Å². The van der Waals surface area contributed by atoms with Gasteiger partial charge >= 0.3 is 0 Å². The van der Waals surface area contributed by atoms with Gasteiger partial charge < -0.3 is 15.5 Å². The van der Waals surface area contributed by atoms with Crippen LogP contribution in [0.1, 0.15) is 28.8 Å². The summed E-state index contributed by atoms with van der Waals surface area (Å²) >= 11 is 0. The van der Waals surface area contributed by atoms with E-state index in [-0.39, 0.29) is 17.9 Å². The summed E-state index contributed by atoms with van der Waals surface area (Å²) in [6.07, 6.45) is 2.06. The molecule has 2 aromatic carbocycles. The molecule has 5 nitrogen and oxygen atoms in total. The molecule has 4 rings (SSSR count). The molecule has 0 bridgehead atoms. The van der Waals surface area contributed by atoms with Gasteiger partial charge in [0.1, 0.15) is 0 Å². The van der Waals surface area contributed by atoms with Crippen molar-refractivity contribution in [1.29, 1.82) is 0 Å². The summed E-state index contributed by atoms with van der Waals surface area (Å²) in [5.41, 5.74) is 9.13. The summed E-state index contributed by atoms with van der Waals surface area (Å²) in [5, 5.41) is 0. The Bertz CT molecular complexity index is 825. The molecule has 1 saturated heterocycles. The van der Waals surface area contributed by atoms with Gasteiger partial charge in [-0.25, -0.2) is 0 Å². The largest absolute Gasteiger partial charge is 0.398 e. The number of para-hydroxylation sites is 2. The third-order valence-corrected chi connectivity index (χ3v) is 5.17. The first-order valence-corrected chi connectivity index (χ1v) is 8.69. The number of benzene rings is 2. The average Bonchev–Trinajstić information content (AvgIpc) is 2.97. The van der Waals surface area contributed by atoms with Crippen LogP contribution >= 0.6 is 0 Å². The fourth-order valence-corrected chi connectivity index (χ4v) is 3.87. The van der Waals surface area contributed by atoms with Gasteiger partial charge in [0.15, 0.2) is 0 Å². The number of hydrogen-bond acceptors (Lipinski definition) is 3. The topological polar surface area (TPSA) is 66.6 Å². The Morgan fingerprint density at radius 3 is 2.44 bits per heavy atom. The third kappa shape index (κ3) is 2.76. The Kier molecular flexibility index (Phi) is 3.92. The molecule has 0 atom stereocenters. The summed E-state index contributed by atoms with van der Waals surface area (Å²) in [7, 11) is 0. The number of carbonyl (C=O) groups excluding carboxylic acids is 2. The van der Waals surface area contributed by atoms with E-state index in [1.165, 1.54) is 0 Å². The van der Waals surface area contributed by atoms with Gasteiger partial charge in [0.25, 0.3) is 5.91 Å². The van der Waals surface area contributed by atoms with E-state index in [1.807, 2.05) is 46.2 Å². The number of anilines is 2. The van der Waals surface area contributed by atoms with Crippen molar-refractivity contribution < 1.29 is 9.59 Å². The van der Waals surface area contributed by atoms with Crippen molar-refractivity contribution in [2.24, 2.45) is 0 Å². The van der Waals surface area contributed by atoms with E-state index < -0.39 is 0 Å². The van der Waals surface area contributed by atoms with Gasteiger partial charge in [0, 0.05) is 30.5 Å². The number of carbonyl (C=O) groups is 2. The van der Waals surface area contributed by atoms with Crippen LogP contribution in [0, 0.1) is 0 Å². The molecule has 0 unspecified atom stereocenters. The first-order valence-electron chi connectivity index (χ1n) is 8.69. The van der Waals surface area contributed by atoms with E-state index in [0.717, 1.165) is 24.1 Å². The minimum absolute atomic E-state index is 0.0234. The van der Waals surface area contributed by atoms with E-state index in [9.17, 15) is 9.59 Å². The molecular formula is C20H21N3O2. The number of nitrogens with two attached hydrogens (primary N) is 1. The number of nitrogens with zero attached hydrogens (tertiary/aromatic N) is 2. The van der Waals surface area contributed by atoms with Crippen LogP contribution < -0.4 is 10.6 Å². The fourth-order valence-electron chi connectivity index (χ4n) is 3.87. The Morgan fingerprint density at radius 1 is 1.00 bits per heavy atom. The molecule has 0 saturated carbocycles. The minimum atomic E-state index is -0.0234. The second kappa shape index (κ2) is 6.24. The summed E-state index contributed by atoms with van der Waals surface area (Å²) in [4.78, 5) is 28.9. The summed E-state index contributed by atoms with van der Waals surface area (Å²) < 4.78 is 0. The van der Waals surface area contributed by atoms with E-state index in [0.29, 0.717) is 30.8 Å². The number of hydrogen-bond donors (Lipinski definition) is 1. The molecular weight excluding hydrogens is 314 g/mol. The predicted molar refractivity (Wildman–Crippen MR) is 97.4 cm³/mol. The van der Waals surface area contributed by atoms with Crippen LogP contribution in [0.15, 0.2) is 48.5 Å². The van der Waals surface area contributed by atoms with Crippen LogP contribution in [0.4, 0.5) is 11.4 Å². The van der Waals surface area contributed by atoms with Gasteiger partial charge in [-0.3, -0.25) is 9.59 Å². The lowest BCUT2D eigenvalue weighted by Gasteiger charge is -2.37. The third-order valence-electron chi connectivity index (χ3n) is 5.17. The Balaban J connectivity index is 1.46. The first kappa shape index (κ1) is 15.7. The second-order valence-corrected chi connectivity index (χ2v) is 6.68. The highest BCUT2D eigenvalue weighted by atomic mass is 16.2. The number of amides is 2. The molecule has 0 aliphatic carbocycles. The molecule has 2 aliphatic heterocycles. The molecule has 2 aliphatic rings. The second-order valence-electron chi connectivity index (χ2n) is 6.68. The summed E-state index contributed by atoms with van der Waals surface area (Å²) in [6.45, 7) is 1.29. The number of nitrogen functional groups attached to an aromatic ring is 1. The highest BCUT2D eigenvalue weighted by molar-refractivity contribution is 6.02. The van der Waals surface area contributed by atoms with Crippen LogP contribution in [-0.4, -0.2) is 35.8 Å². The molecule has 5 heteroatoms. The maximum absolute atomic E-state index is 12.7. The van der Waals surface area contributed by atoms with Gasteiger partial charge in [-0.1, -0.05) is 30.3 Å². The van der Waals surface area contributed by atoms with Crippen molar-refractivity contribution in [1.82, 2.24) is 4.90 Å². The Morgan fingerprint density at radius 2 is 1.68 bits per heavy atom. The molecule has 1 fully saturated rings. The van der Waals surface area contributed by atoms with E-state index in [4.69, 9.17) is 5.73 Å². The maximum Gasteiger partial charge on any atom is 0.255 e. The number of rotatable bonds is 2. The van der Waals surface area contributed by atoms with Crippen molar-refractivity contribution >= 4 is 23.2 Å². The number of piperidine rings is 1. The molecule has 2 aromatic rings. The van der Waals surface area contributed by atoms with Crippen molar-refractivity contribution in [2.75, 3.05) is 23.7 Å². The van der Waals surface area contributed by atoms with Gasteiger partial charge in [-0.15, -0.1) is 0 Å². The molecule has 2 N–H and O–H groups in total. The number of likely N-dealkylation sites (tertiary alicyclic amines) is 1. The zero-order valence-electron chi connectivity index (χ0n) is 14.0. The van der Waals surface area contributed by atoms with E-state index in [2.05, 4.69) is 0 Å². The smallest absolute Gasteiger partial charge is 0.255 e. The molecule has 2 amide bonds. The van der Waals surface area contributed by atoms with Crippen LogP contribution in [-0.2, 0) is 11.2 Å². The maximum atomic E-state index is 12.7. The van der Waals surface area contributed by atoms with E-state index >= 15 is 0 Å². The minimum Gasteiger partial charge on any atom is -0.398 e. The SMILES string of the molecule is Nc1ccccc1C(=O)N1CCC(N2C(=O)Cc3ccccc32)CC1. The standard InChI is InChI=1S/C20H21N3O2/c21-17-7-3-2-6-16(17)20(25)22-11-9-15(10-12-22)23-18-8-4-1-5-14(18)13-19(23)24/h1-8,15H,9-13,21H2. The zero-order chi connectivity index (χ0) is 17.4. The van der Waals surface area contributed by atoms with Crippen molar-refractivity contribution in [2.45, 2.75) is 25.3 Å². The van der Waals surface area contributed by atoms with Crippen LogP contribution in [0.5, 0.6) is 0 Å². The zero-order valence-corrected chi connectivity index (χ0v) is 14.0. The number of fused-ring (bicyclic) bond motifs is 1. The van der Waals surface area contributed by atoms with Crippen molar-refractivity contribution in [3.63, 3.8) is 0 Å². The van der Waals surface area contributed by atoms with Gasteiger partial charge in [0.05, 0.1) is 12.0 Å². The Labute approximate surface area is 147 Å². The first-order chi connectivity index (χ1) is 12.1. The van der Waals surface area contributed by atoms with E-state index in [1.54, 1.807) is 12.1 Å². The summed E-state index contributed by atoms with van der Waals surface area (Å²) in [5.74, 6) is 0.142. The highest BCUT2D eigenvalue weighted by Gasteiger charge is 2.35. The molecule has 0 aromatic heterocycles. The van der Waals surface area contributed by atoms with Gasteiger partial charge in [-0.2, -0.15) is 0 Å². The molecule has 0 radical (unpaired) electrons. The fraction of sp³-hybridized carbons (Fsp3) is 0.300. The van der Waals surface area contributed by atoms with Crippen LogP contribution in [0.3, 0.4) is 0 Å². The van der Waals surface area contributed by atoms with Gasteiger partial charge in [0.2, 0.25) is 5.91 Å². The van der Waals surface area contributed by atoms with Crippen LogP contribution in [0.2, 0.25) is 0 Å². The molecule has 0 spiro atoms. The monoisotopic (exact) mass is 335 g/mol. The lowest BCUT2D eigenvalue weighted by Crippen LogP contribution is -2.48. The van der Waals surface area contributed by atoms with Crippen molar-refractivity contribution in [3.8, 4) is 0 Å². The molecule has 25 heavy (non-hydrogen) atoms. The summed E-state index contributed by atoms with van der Waals surface area (Å²) in [6, 6.07) is 15.3. The Hall–Kier alpha value is -2.82. The lowest BCUT2D eigenvalue weighted by molar-refractivity contribution is -0.118. The lowest BCUT2D eigenvalue weighted by atomic mass is 10.0. The normalized spacial score (nSPS) is 17.7. The predicted octanol–water partition coefficient (Wildman–Crippen LogP) is 2.46. The average molecular weight is 335 g/mol. The van der Waals surface area contributed by atoms with Crippen molar-refractivity contribution in [3.05, 3.63) is 59.7 Å². The molecule has 2 heterocycles.